The number of carbonyl (C=O) groups excluding carboxylic acids is 2. The highest BCUT2D eigenvalue weighted by molar-refractivity contribution is 6.00. The molecule has 3 amide bonds. The molecule has 1 aliphatic rings. The summed E-state index contributed by atoms with van der Waals surface area (Å²) in [5, 5.41) is 12.3. The van der Waals surface area contributed by atoms with Crippen LogP contribution in [0.4, 0.5) is 4.79 Å². The largest absolute Gasteiger partial charge is 0.395 e. The Balaban J connectivity index is 1.29. The zero-order valence-corrected chi connectivity index (χ0v) is 21.2. The molecule has 0 aliphatic carbocycles. The standard InChI is InChI=1S/C31H28N6O2/c1-3-27(35-30(38)29-28(32)20(2)34-31(39)36-29)25-11-7-10-24(16-25)26-17-33-37(19-26)18-21-12-14-23(15-13-21)22-8-5-4-6-9-22/h3-17,19,27H,1-2,18,32H2,(H,35,38)(H2,34,36,39). The molecular weight excluding hydrogens is 488 g/mol. The molecule has 5 rings (SSSR count). The summed E-state index contributed by atoms with van der Waals surface area (Å²) in [6.07, 6.45) is 5.43. The first-order chi connectivity index (χ1) is 18.9. The number of benzene rings is 3. The third-order valence-corrected chi connectivity index (χ3v) is 6.46. The van der Waals surface area contributed by atoms with E-state index >= 15 is 0 Å². The van der Waals surface area contributed by atoms with Gasteiger partial charge < -0.3 is 21.7 Å². The summed E-state index contributed by atoms with van der Waals surface area (Å²) in [6, 6.07) is 25.4. The lowest BCUT2D eigenvalue weighted by atomic mass is 10.0. The van der Waals surface area contributed by atoms with E-state index in [4.69, 9.17) is 5.73 Å². The van der Waals surface area contributed by atoms with Gasteiger partial charge in [0.05, 0.1) is 30.2 Å². The Morgan fingerprint density at radius 2 is 1.69 bits per heavy atom. The molecule has 1 aliphatic heterocycles. The van der Waals surface area contributed by atoms with Crippen molar-refractivity contribution < 1.29 is 9.59 Å². The highest BCUT2D eigenvalue weighted by atomic mass is 16.2. The van der Waals surface area contributed by atoms with Gasteiger partial charge in [-0.25, -0.2) is 4.79 Å². The molecule has 2 heterocycles. The van der Waals surface area contributed by atoms with Gasteiger partial charge >= 0.3 is 6.03 Å². The van der Waals surface area contributed by atoms with Crippen LogP contribution in [-0.2, 0) is 11.3 Å². The SMILES string of the molecule is C=CC(NC(=O)C1=C(N)C(=C)NC(=O)N1)c1cccc(-c2cnn(Cc3ccc(-c4ccccc4)cc3)c2)c1. The predicted molar refractivity (Wildman–Crippen MR) is 152 cm³/mol. The first-order valence-electron chi connectivity index (χ1n) is 12.4. The van der Waals surface area contributed by atoms with E-state index in [1.54, 1.807) is 6.08 Å². The van der Waals surface area contributed by atoms with Crippen molar-refractivity contribution in [3.8, 4) is 22.3 Å². The molecule has 8 nitrogen and oxygen atoms in total. The maximum absolute atomic E-state index is 12.9. The van der Waals surface area contributed by atoms with Crippen LogP contribution < -0.4 is 21.7 Å². The predicted octanol–water partition coefficient (Wildman–Crippen LogP) is 4.61. The van der Waals surface area contributed by atoms with Gasteiger partial charge in [0.25, 0.3) is 5.91 Å². The average molecular weight is 517 g/mol. The van der Waals surface area contributed by atoms with E-state index in [1.807, 2.05) is 59.5 Å². The van der Waals surface area contributed by atoms with Crippen LogP contribution in [0.1, 0.15) is 17.2 Å². The third kappa shape index (κ3) is 5.65. The maximum Gasteiger partial charge on any atom is 0.323 e. The first kappa shape index (κ1) is 25.3. The Labute approximate surface area is 226 Å². The van der Waals surface area contributed by atoms with Crippen LogP contribution in [-0.4, -0.2) is 21.7 Å². The minimum atomic E-state index is -0.569. The molecule has 0 fully saturated rings. The second kappa shape index (κ2) is 10.9. The molecule has 0 bridgehead atoms. The highest BCUT2D eigenvalue weighted by Crippen LogP contribution is 2.25. The van der Waals surface area contributed by atoms with Crippen molar-refractivity contribution in [3.05, 3.63) is 139 Å². The normalized spacial score (nSPS) is 13.8. The molecular formula is C31H28N6O2. The fraction of sp³-hybridized carbons (Fsp3) is 0.0645. The summed E-state index contributed by atoms with van der Waals surface area (Å²) in [7, 11) is 0. The molecule has 0 radical (unpaired) electrons. The Morgan fingerprint density at radius 1 is 0.974 bits per heavy atom. The van der Waals surface area contributed by atoms with Gasteiger partial charge in [0.2, 0.25) is 0 Å². The van der Waals surface area contributed by atoms with Crippen LogP contribution in [0.3, 0.4) is 0 Å². The molecule has 0 saturated carbocycles. The Bertz CT molecular complexity index is 1580. The van der Waals surface area contributed by atoms with Crippen molar-refractivity contribution in [3.63, 3.8) is 0 Å². The molecule has 1 unspecified atom stereocenters. The Morgan fingerprint density at radius 3 is 2.44 bits per heavy atom. The highest BCUT2D eigenvalue weighted by Gasteiger charge is 2.25. The molecule has 5 N–H and O–H groups in total. The number of amides is 3. The number of nitrogens with one attached hydrogen (secondary N) is 3. The topological polar surface area (TPSA) is 114 Å². The lowest BCUT2D eigenvalue weighted by molar-refractivity contribution is -0.118. The van der Waals surface area contributed by atoms with Gasteiger partial charge in [-0.3, -0.25) is 9.48 Å². The fourth-order valence-corrected chi connectivity index (χ4v) is 4.37. The molecule has 194 valence electrons. The summed E-state index contributed by atoms with van der Waals surface area (Å²) < 4.78 is 1.90. The van der Waals surface area contributed by atoms with E-state index in [-0.39, 0.29) is 17.1 Å². The molecule has 0 saturated heterocycles. The van der Waals surface area contributed by atoms with Crippen molar-refractivity contribution in [1.82, 2.24) is 25.7 Å². The van der Waals surface area contributed by atoms with Gasteiger partial charge in [0.15, 0.2) is 0 Å². The fourth-order valence-electron chi connectivity index (χ4n) is 4.37. The minimum Gasteiger partial charge on any atom is -0.395 e. The van der Waals surface area contributed by atoms with Crippen molar-refractivity contribution in [2.45, 2.75) is 12.6 Å². The van der Waals surface area contributed by atoms with E-state index in [9.17, 15) is 9.59 Å². The minimum absolute atomic E-state index is 0.0511. The van der Waals surface area contributed by atoms with Gasteiger partial charge in [-0.2, -0.15) is 5.10 Å². The maximum atomic E-state index is 12.9. The van der Waals surface area contributed by atoms with E-state index in [0.29, 0.717) is 6.54 Å². The molecule has 0 spiro atoms. The van der Waals surface area contributed by atoms with Crippen molar-refractivity contribution in [2.75, 3.05) is 0 Å². The Kier molecular flexibility index (Phi) is 7.09. The third-order valence-electron chi connectivity index (χ3n) is 6.46. The smallest absolute Gasteiger partial charge is 0.323 e. The summed E-state index contributed by atoms with van der Waals surface area (Å²) in [6.45, 7) is 8.17. The van der Waals surface area contributed by atoms with Crippen molar-refractivity contribution >= 4 is 11.9 Å². The van der Waals surface area contributed by atoms with Crippen LogP contribution in [0.25, 0.3) is 22.3 Å². The van der Waals surface area contributed by atoms with Crippen LogP contribution in [0.2, 0.25) is 0 Å². The van der Waals surface area contributed by atoms with Gasteiger partial charge in [0, 0.05) is 11.8 Å². The van der Waals surface area contributed by atoms with Crippen LogP contribution >= 0.6 is 0 Å². The van der Waals surface area contributed by atoms with Crippen LogP contribution in [0.5, 0.6) is 0 Å². The summed E-state index contributed by atoms with van der Waals surface area (Å²) >= 11 is 0. The van der Waals surface area contributed by atoms with Gasteiger partial charge in [-0.05, 0) is 33.9 Å². The lowest BCUT2D eigenvalue weighted by Crippen LogP contribution is -2.47. The van der Waals surface area contributed by atoms with E-state index < -0.39 is 18.0 Å². The number of carbonyl (C=O) groups is 2. The second-order valence-corrected chi connectivity index (χ2v) is 9.15. The van der Waals surface area contributed by atoms with E-state index in [2.05, 4.69) is 70.6 Å². The zero-order chi connectivity index (χ0) is 27.4. The summed E-state index contributed by atoms with van der Waals surface area (Å²) in [5.41, 5.74) is 12.4. The van der Waals surface area contributed by atoms with E-state index in [1.165, 1.54) is 11.1 Å². The Hall–Kier alpha value is -5.37. The number of nitrogens with two attached hydrogens (primary N) is 1. The first-order valence-corrected chi connectivity index (χ1v) is 12.4. The number of rotatable bonds is 8. The number of aromatic nitrogens is 2. The van der Waals surface area contributed by atoms with E-state index in [0.717, 1.165) is 22.3 Å². The average Bonchev–Trinajstić information content (AvgIpc) is 3.43. The van der Waals surface area contributed by atoms with Gasteiger partial charge in [-0.15, -0.1) is 6.58 Å². The lowest BCUT2D eigenvalue weighted by Gasteiger charge is -2.23. The molecule has 1 atom stereocenters. The van der Waals surface area contributed by atoms with Crippen LogP contribution in [0.15, 0.2) is 128 Å². The summed E-state index contributed by atoms with van der Waals surface area (Å²) in [5.74, 6) is -0.537. The van der Waals surface area contributed by atoms with Crippen LogP contribution in [0, 0.1) is 0 Å². The number of urea groups is 1. The van der Waals surface area contributed by atoms with Gasteiger partial charge in [0.1, 0.15) is 5.70 Å². The molecule has 39 heavy (non-hydrogen) atoms. The number of nitrogens with zero attached hydrogens (tertiary/aromatic N) is 2. The monoisotopic (exact) mass is 516 g/mol. The van der Waals surface area contributed by atoms with Crippen molar-refractivity contribution in [2.24, 2.45) is 5.73 Å². The molecule has 1 aromatic heterocycles. The molecule has 3 aromatic carbocycles. The number of hydrogen-bond donors (Lipinski definition) is 4. The number of hydrogen-bond acceptors (Lipinski definition) is 4. The quantitative estimate of drug-likeness (QED) is 0.256. The second-order valence-electron chi connectivity index (χ2n) is 9.15. The van der Waals surface area contributed by atoms with Gasteiger partial charge in [-0.1, -0.05) is 85.5 Å². The summed E-state index contributed by atoms with van der Waals surface area (Å²) in [4.78, 5) is 24.7. The van der Waals surface area contributed by atoms with Crippen molar-refractivity contribution in [1.29, 1.82) is 0 Å². The molecule has 8 heteroatoms. The zero-order valence-electron chi connectivity index (χ0n) is 21.2. The molecule has 4 aromatic rings.